The maximum Gasteiger partial charge on any atom is 0.332 e. The highest BCUT2D eigenvalue weighted by Crippen LogP contribution is 2.27. The molecule has 0 fully saturated rings. The molecule has 0 aliphatic heterocycles. The zero-order chi connectivity index (χ0) is 15.1. The van der Waals surface area contributed by atoms with Crippen LogP contribution in [0.3, 0.4) is 0 Å². The SMILES string of the molecule is CCCCCC(C)Nc1nc(NN)nc(C)c1[N+](=O)[O-]. The number of hydrazine groups is 1. The summed E-state index contributed by atoms with van der Waals surface area (Å²) in [4.78, 5) is 18.6. The summed E-state index contributed by atoms with van der Waals surface area (Å²) in [7, 11) is 0. The Hall–Kier alpha value is -1.96. The Morgan fingerprint density at radius 3 is 2.65 bits per heavy atom. The minimum atomic E-state index is -0.475. The largest absolute Gasteiger partial charge is 0.362 e. The van der Waals surface area contributed by atoms with Crippen LogP contribution in [0.5, 0.6) is 0 Å². The summed E-state index contributed by atoms with van der Waals surface area (Å²) in [5.74, 6) is 5.64. The van der Waals surface area contributed by atoms with Gasteiger partial charge in [-0.2, -0.15) is 4.98 Å². The van der Waals surface area contributed by atoms with E-state index < -0.39 is 4.92 Å². The number of unbranched alkanes of at least 4 members (excludes halogenated alkanes) is 2. The summed E-state index contributed by atoms with van der Waals surface area (Å²) in [5.41, 5.74) is 2.49. The molecule has 8 nitrogen and oxygen atoms in total. The average molecular weight is 282 g/mol. The molecule has 8 heteroatoms. The standard InChI is InChI=1S/C12H22N6O2/c1-4-5-6-7-8(2)14-11-10(18(19)20)9(3)15-12(16-11)17-13/h8H,4-7,13H2,1-3H3,(H2,14,15,16,17). The Bertz CT molecular complexity index is 466. The molecule has 20 heavy (non-hydrogen) atoms. The van der Waals surface area contributed by atoms with Gasteiger partial charge in [-0.05, 0) is 20.3 Å². The van der Waals surface area contributed by atoms with Crippen LogP contribution >= 0.6 is 0 Å². The van der Waals surface area contributed by atoms with Crippen molar-refractivity contribution in [3.05, 3.63) is 15.8 Å². The maximum absolute atomic E-state index is 11.1. The van der Waals surface area contributed by atoms with E-state index in [1.807, 2.05) is 6.92 Å². The highest BCUT2D eigenvalue weighted by atomic mass is 16.6. The van der Waals surface area contributed by atoms with Gasteiger partial charge in [0.2, 0.25) is 11.8 Å². The van der Waals surface area contributed by atoms with E-state index in [2.05, 4.69) is 27.6 Å². The maximum atomic E-state index is 11.1. The van der Waals surface area contributed by atoms with Gasteiger partial charge in [0.25, 0.3) is 0 Å². The van der Waals surface area contributed by atoms with E-state index >= 15 is 0 Å². The number of aryl methyl sites for hydroxylation is 1. The molecule has 0 saturated heterocycles. The minimum Gasteiger partial charge on any atom is -0.362 e. The lowest BCUT2D eigenvalue weighted by molar-refractivity contribution is -0.385. The van der Waals surface area contributed by atoms with Crippen molar-refractivity contribution >= 4 is 17.5 Å². The second-order valence-corrected chi connectivity index (χ2v) is 4.77. The molecule has 0 bridgehead atoms. The normalized spacial score (nSPS) is 12.0. The molecule has 1 aromatic rings. The van der Waals surface area contributed by atoms with Crippen molar-refractivity contribution in [3.8, 4) is 0 Å². The summed E-state index contributed by atoms with van der Waals surface area (Å²) in [6.07, 6.45) is 4.29. The predicted molar refractivity (Wildman–Crippen MR) is 78.5 cm³/mol. The molecule has 0 radical (unpaired) electrons. The van der Waals surface area contributed by atoms with Gasteiger partial charge >= 0.3 is 5.69 Å². The number of hydrogen-bond donors (Lipinski definition) is 3. The van der Waals surface area contributed by atoms with Crippen molar-refractivity contribution in [2.45, 2.75) is 52.5 Å². The number of aromatic nitrogens is 2. The molecule has 112 valence electrons. The minimum absolute atomic E-state index is 0.0974. The van der Waals surface area contributed by atoms with Crippen molar-refractivity contribution in [1.82, 2.24) is 9.97 Å². The van der Waals surface area contributed by atoms with Crippen molar-refractivity contribution in [1.29, 1.82) is 0 Å². The number of nitrogens with one attached hydrogen (secondary N) is 2. The Kier molecular flexibility index (Phi) is 6.10. The molecule has 0 spiro atoms. The number of nitro groups is 1. The predicted octanol–water partition coefficient (Wildman–Crippen LogP) is 2.36. The van der Waals surface area contributed by atoms with E-state index in [1.54, 1.807) is 6.92 Å². The first kappa shape index (κ1) is 16.1. The molecule has 1 aromatic heterocycles. The van der Waals surface area contributed by atoms with Crippen LogP contribution in [0.25, 0.3) is 0 Å². The summed E-state index contributed by atoms with van der Waals surface area (Å²) in [6.45, 7) is 5.68. The van der Waals surface area contributed by atoms with Crippen LogP contribution in [0.2, 0.25) is 0 Å². The Balaban J connectivity index is 2.91. The topological polar surface area (TPSA) is 119 Å². The fourth-order valence-electron chi connectivity index (χ4n) is 1.96. The smallest absolute Gasteiger partial charge is 0.332 e. The molecule has 1 unspecified atom stereocenters. The lowest BCUT2D eigenvalue weighted by Crippen LogP contribution is -2.19. The molecule has 1 rings (SSSR count). The first-order valence-corrected chi connectivity index (χ1v) is 6.75. The third-order valence-corrected chi connectivity index (χ3v) is 2.99. The van der Waals surface area contributed by atoms with E-state index in [9.17, 15) is 10.1 Å². The fraction of sp³-hybridized carbons (Fsp3) is 0.667. The van der Waals surface area contributed by atoms with Gasteiger partial charge in [0, 0.05) is 6.04 Å². The lowest BCUT2D eigenvalue weighted by Gasteiger charge is -2.15. The number of hydrogen-bond acceptors (Lipinski definition) is 7. The molecular formula is C12H22N6O2. The van der Waals surface area contributed by atoms with E-state index in [0.29, 0.717) is 0 Å². The van der Waals surface area contributed by atoms with Gasteiger partial charge in [-0.25, -0.2) is 10.8 Å². The van der Waals surface area contributed by atoms with E-state index in [-0.39, 0.29) is 29.2 Å². The lowest BCUT2D eigenvalue weighted by atomic mass is 10.1. The van der Waals surface area contributed by atoms with Crippen LogP contribution in [-0.4, -0.2) is 20.9 Å². The summed E-state index contributed by atoms with van der Waals surface area (Å²) in [6, 6.07) is 0.0974. The summed E-state index contributed by atoms with van der Waals surface area (Å²) < 4.78 is 0. The number of nitrogen functional groups attached to an aromatic ring is 1. The molecule has 0 saturated carbocycles. The van der Waals surface area contributed by atoms with Crippen LogP contribution in [-0.2, 0) is 0 Å². The monoisotopic (exact) mass is 282 g/mol. The van der Waals surface area contributed by atoms with E-state index in [1.165, 1.54) is 0 Å². The molecule has 0 aliphatic rings. The third kappa shape index (κ3) is 4.30. The molecule has 1 heterocycles. The van der Waals surface area contributed by atoms with Crippen molar-refractivity contribution in [2.75, 3.05) is 10.7 Å². The molecule has 4 N–H and O–H groups in total. The fourth-order valence-corrected chi connectivity index (χ4v) is 1.96. The van der Waals surface area contributed by atoms with Crippen LogP contribution < -0.4 is 16.6 Å². The molecule has 0 aliphatic carbocycles. The van der Waals surface area contributed by atoms with Gasteiger partial charge in [-0.15, -0.1) is 0 Å². The Labute approximate surface area is 118 Å². The molecule has 1 atom stereocenters. The quantitative estimate of drug-likeness (QED) is 0.290. The number of rotatable bonds is 8. The third-order valence-electron chi connectivity index (χ3n) is 2.99. The zero-order valence-corrected chi connectivity index (χ0v) is 12.1. The van der Waals surface area contributed by atoms with Gasteiger partial charge in [-0.3, -0.25) is 15.5 Å². The van der Waals surface area contributed by atoms with Gasteiger partial charge in [-0.1, -0.05) is 26.2 Å². The second kappa shape index (κ2) is 7.59. The second-order valence-electron chi connectivity index (χ2n) is 4.77. The van der Waals surface area contributed by atoms with E-state index in [0.717, 1.165) is 25.7 Å². The van der Waals surface area contributed by atoms with Crippen LogP contribution in [0.1, 0.15) is 45.2 Å². The highest BCUT2D eigenvalue weighted by molar-refractivity contribution is 5.61. The summed E-state index contributed by atoms with van der Waals surface area (Å²) in [5, 5.41) is 14.2. The Morgan fingerprint density at radius 2 is 2.10 bits per heavy atom. The van der Waals surface area contributed by atoms with E-state index in [4.69, 9.17) is 5.84 Å². The highest BCUT2D eigenvalue weighted by Gasteiger charge is 2.22. The van der Waals surface area contributed by atoms with Crippen molar-refractivity contribution in [2.24, 2.45) is 5.84 Å². The first-order valence-electron chi connectivity index (χ1n) is 6.75. The first-order chi connectivity index (χ1) is 9.49. The zero-order valence-electron chi connectivity index (χ0n) is 12.1. The van der Waals surface area contributed by atoms with Crippen LogP contribution in [0.4, 0.5) is 17.5 Å². The van der Waals surface area contributed by atoms with Gasteiger partial charge in [0.05, 0.1) is 4.92 Å². The number of anilines is 2. The Morgan fingerprint density at radius 1 is 1.40 bits per heavy atom. The van der Waals surface area contributed by atoms with Crippen molar-refractivity contribution in [3.63, 3.8) is 0 Å². The van der Waals surface area contributed by atoms with Crippen LogP contribution in [0.15, 0.2) is 0 Å². The van der Waals surface area contributed by atoms with Gasteiger partial charge in [0.1, 0.15) is 5.69 Å². The number of nitrogens with zero attached hydrogens (tertiary/aromatic N) is 3. The number of nitrogens with two attached hydrogens (primary N) is 1. The molecule has 0 aromatic carbocycles. The molecular weight excluding hydrogens is 260 g/mol. The van der Waals surface area contributed by atoms with Crippen molar-refractivity contribution < 1.29 is 4.92 Å². The summed E-state index contributed by atoms with van der Waals surface area (Å²) >= 11 is 0. The molecule has 0 amide bonds. The van der Waals surface area contributed by atoms with Gasteiger partial charge < -0.3 is 5.32 Å². The van der Waals surface area contributed by atoms with Gasteiger partial charge in [0.15, 0.2) is 0 Å². The van der Waals surface area contributed by atoms with Crippen LogP contribution in [0, 0.1) is 17.0 Å². The average Bonchev–Trinajstić information content (AvgIpc) is 2.37.